The van der Waals surface area contributed by atoms with E-state index in [-0.39, 0.29) is 5.91 Å². The van der Waals surface area contributed by atoms with Crippen LogP contribution in [0.15, 0.2) is 53.6 Å². The van der Waals surface area contributed by atoms with Crippen molar-refractivity contribution in [2.75, 3.05) is 7.11 Å². The lowest BCUT2D eigenvalue weighted by Gasteiger charge is -2.07. The fraction of sp³-hybridized carbons (Fsp3) is 0.125. The fourth-order valence-electron chi connectivity index (χ4n) is 1.79. The Bertz CT molecular complexity index is 642. The first-order chi connectivity index (χ1) is 10.2. The first-order valence-corrected chi connectivity index (χ1v) is 6.78. The zero-order valence-electron chi connectivity index (χ0n) is 11.5. The molecule has 0 fully saturated rings. The monoisotopic (exact) mass is 302 g/mol. The Labute approximate surface area is 128 Å². The largest absolute Gasteiger partial charge is 0.496 e. The number of ether oxygens (including phenoxy) is 1. The second-order valence-electron chi connectivity index (χ2n) is 4.29. The van der Waals surface area contributed by atoms with E-state index >= 15 is 0 Å². The summed E-state index contributed by atoms with van der Waals surface area (Å²) < 4.78 is 5.13. The van der Waals surface area contributed by atoms with Gasteiger partial charge in [-0.05, 0) is 23.8 Å². The van der Waals surface area contributed by atoms with E-state index in [0.717, 1.165) is 5.56 Å². The van der Waals surface area contributed by atoms with Gasteiger partial charge in [-0.2, -0.15) is 5.10 Å². The summed E-state index contributed by atoms with van der Waals surface area (Å²) in [4.78, 5) is 12.0. The number of hydrogen-bond donors (Lipinski definition) is 1. The maximum Gasteiger partial charge on any atom is 0.275 e. The maximum atomic E-state index is 12.0. The third-order valence-corrected chi connectivity index (χ3v) is 3.07. The molecule has 2 rings (SSSR count). The third-order valence-electron chi connectivity index (χ3n) is 2.83. The van der Waals surface area contributed by atoms with E-state index in [1.54, 1.807) is 24.4 Å². The number of rotatable bonds is 5. The van der Waals surface area contributed by atoms with Gasteiger partial charge >= 0.3 is 0 Å². The predicted molar refractivity (Wildman–Crippen MR) is 84.1 cm³/mol. The minimum atomic E-state index is -0.362. The number of nitrogens with one attached hydrogen (secondary N) is 1. The number of methoxy groups -OCH3 is 1. The van der Waals surface area contributed by atoms with E-state index in [4.69, 9.17) is 16.3 Å². The van der Waals surface area contributed by atoms with Crippen LogP contribution >= 0.6 is 11.6 Å². The molecule has 0 aliphatic heterocycles. The Hall–Kier alpha value is -2.33. The van der Waals surface area contributed by atoms with Crippen molar-refractivity contribution >= 4 is 23.7 Å². The summed E-state index contributed by atoms with van der Waals surface area (Å²) >= 11 is 5.89. The Morgan fingerprint density at radius 1 is 1.29 bits per heavy atom. The third kappa shape index (κ3) is 4.33. The molecule has 0 atom stereocenters. The van der Waals surface area contributed by atoms with Crippen molar-refractivity contribution < 1.29 is 9.53 Å². The molecule has 0 bridgehead atoms. The van der Waals surface area contributed by atoms with Crippen LogP contribution in [0.2, 0.25) is 5.02 Å². The Kier molecular flexibility index (Phi) is 5.35. The molecule has 5 heteroatoms. The molecular formula is C16H15ClN2O2. The van der Waals surface area contributed by atoms with Gasteiger partial charge in [0.2, 0.25) is 0 Å². The predicted octanol–water partition coefficient (Wildman–Crippen LogP) is 3.31. The van der Waals surface area contributed by atoms with Gasteiger partial charge in [0.1, 0.15) is 5.75 Å². The van der Waals surface area contributed by atoms with E-state index in [1.165, 1.54) is 7.11 Å². The van der Waals surface area contributed by atoms with Crippen LogP contribution in [-0.2, 0) is 6.42 Å². The molecule has 0 heterocycles. The number of benzene rings is 2. The highest BCUT2D eigenvalue weighted by molar-refractivity contribution is 6.31. The maximum absolute atomic E-state index is 12.0. The number of hydrazone groups is 1. The summed E-state index contributed by atoms with van der Waals surface area (Å²) in [5.41, 5.74) is 3.93. The molecule has 0 radical (unpaired) electrons. The molecule has 108 valence electrons. The fourth-order valence-corrected chi connectivity index (χ4v) is 1.96. The minimum absolute atomic E-state index is 0.349. The molecule has 0 unspecified atom stereocenters. The highest BCUT2D eigenvalue weighted by atomic mass is 35.5. The second kappa shape index (κ2) is 7.45. The van der Waals surface area contributed by atoms with Crippen LogP contribution in [0.5, 0.6) is 5.75 Å². The van der Waals surface area contributed by atoms with Gasteiger partial charge in [-0.25, -0.2) is 5.43 Å². The number of halogens is 1. The summed E-state index contributed by atoms with van der Waals surface area (Å²) in [6, 6.07) is 14.7. The SMILES string of the molecule is COc1ccc(Cl)cc1C(=O)NN=CCc1ccccc1. The normalized spacial score (nSPS) is 10.6. The van der Waals surface area contributed by atoms with Crippen LogP contribution in [0.25, 0.3) is 0 Å². The van der Waals surface area contributed by atoms with Crippen molar-refractivity contribution in [3.63, 3.8) is 0 Å². The lowest BCUT2D eigenvalue weighted by Crippen LogP contribution is -2.18. The molecule has 0 spiro atoms. The molecule has 0 aromatic heterocycles. The minimum Gasteiger partial charge on any atom is -0.496 e. The Morgan fingerprint density at radius 2 is 2.05 bits per heavy atom. The summed E-state index contributed by atoms with van der Waals surface area (Å²) in [6.45, 7) is 0. The van der Waals surface area contributed by atoms with Crippen LogP contribution in [0.4, 0.5) is 0 Å². The lowest BCUT2D eigenvalue weighted by molar-refractivity contribution is 0.0952. The average molecular weight is 303 g/mol. The topological polar surface area (TPSA) is 50.7 Å². The molecule has 1 N–H and O–H groups in total. The molecule has 0 saturated carbocycles. The van der Waals surface area contributed by atoms with Crippen molar-refractivity contribution in [2.45, 2.75) is 6.42 Å². The van der Waals surface area contributed by atoms with Gasteiger partial charge < -0.3 is 4.74 Å². The zero-order chi connectivity index (χ0) is 15.1. The Balaban J connectivity index is 1.97. The van der Waals surface area contributed by atoms with Crippen molar-refractivity contribution in [3.05, 3.63) is 64.7 Å². The summed E-state index contributed by atoms with van der Waals surface area (Å²) in [5, 5.41) is 4.39. The van der Waals surface area contributed by atoms with E-state index in [1.807, 2.05) is 30.3 Å². The number of amides is 1. The number of carbonyl (C=O) groups is 1. The van der Waals surface area contributed by atoms with Gasteiger partial charge in [-0.1, -0.05) is 41.9 Å². The van der Waals surface area contributed by atoms with Crippen LogP contribution < -0.4 is 10.2 Å². The molecule has 0 aliphatic carbocycles. The summed E-state index contributed by atoms with van der Waals surface area (Å²) in [7, 11) is 1.50. The molecule has 2 aromatic carbocycles. The van der Waals surface area contributed by atoms with E-state index in [2.05, 4.69) is 10.5 Å². The summed E-state index contributed by atoms with van der Waals surface area (Å²) in [5.74, 6) is 0.0915. The van der Waals surface area contributed by atoms with Crippen molar-refractivity contribution in [1.29, 1.82) is 0 Å². The first kappa shape index (κ1) is 15.1. The highest BCUT2D eigenvalue weighted by Crippen LogP contribution is 2.22. The van der Waals surface area contributed by atoms with Gasteiger partial charge in [0.15, 0.2) is 0 Å². The quantitative estimate of drug-likeness (QED) is 0.680. The molecular weight excluding hydrogens is 288 g/mol. The average Bonchev–Trinajstić information content (AvgIpc) is 2.52. The van der Waals surface area contributed by atoms with Crippen molar-refractivity contribution in [2.24, 2.45) is 5.10 Å². The van der Waals surface area contributed by atoms with Crippen molar-refractivity contribution in [1.82, 2.24) is 5.43 Å². The van der Waals surface area contributed by atoms with Crippen LogP contribution in [-0.4, -0.2) is 19.2 Å². The van der Waals surface area contributed by atoms with Crippen molar-refractivity contribution in [3.8, 4) is 5.75 Å². The number of nitrogens with zero attached hydrogens (tertiary/aromatic N) is 1. The molecule has 1 amide bonds. The molecule has 0 saturated heterocycles. The molecule has 4 nitrogen and oxygen atoms in total. The number of hydrogen-bond acceptors (Lipinski definition) is 3. The van der Waals surface area contributed by atoms with Crippen LogP contribution in [0.1, 0.15) is 15.9 Å². The van der Waals surface area contributed by atoms with E-state index in [0.29, 0.717) is 22.8 Å². The van der Waals surface area contributed by atoms with Gasteiger partial charge in [0.05, 0.1) is 12.7 Å². The smallest absolute Gasteiger partial charge is 0.275 e. The van der Waals surface area contributed by atoms with E-state index in [9.17, 15) is 4.79 Å². The van der Waals surface area contributed by atoms with Gasteiger partial charge in [0.25, 0.3) is 5.91 Å². The standard InChI is InChI=1S/C16H15ClN2O2/c1-21-15-8-7-13(17)11-14(15)16(20)19-18-10-9-12-5-3-2-4-6-12/h2-8,10-11H,9H2,1H3,(H,19,20). The molecule has 21 heavy (non-hydrogen) atoms. The zero-order valence-corrected chi connectivity index (χ0v) is 12.3. The van der Waals surface area contributed by atoms with Crippen LogP contribution in [0, 0.1) is 0 Å². The van der Waals surface area contributed by atoms with E-state index < -0.39 is 0 Å². The number of carbonyl (C=O) groups excluding carboxylic acids is 1. The van der Waals surface area contributed by atoms with Gasteiger partial charge in [-0.3, -0.25) is 4.79 Å². The second-order valence-corrected chi connectivity index (χ2v) is 4.72. The molecule has 0 aliphatic rings. The highest BCUT2D eigenvalue weighted by Gasteiger charge is 2.11. The summed E-state index contributed by atoms with van der Waals surface area (Å²) in [6.07, 6.45) is 2.29. The molecule has 2 aromatic rings. The first-order valence-electron chi connectivity index (χ1n) is 6.40. The van der Waals surface area contributed by atoms with Crippen LogP contribution in [0.3, 0.4) is 0 Å². The lowest BCUT2D eigenvalue weighted by atomic mass is 10.2. The van der Waals surface area contributed by atoms with Gasteiger partial charge in [0, 0.05) is 17.7 Å². The Morgan fingerprint density at radius 3 is 2.76 bits per heavy atom. The van der Waals surface area contributed by atoms with Gasteiger partial charge in [-0.15, -0.1) is 0 Å².